The first-order valence-electron chi connectivity index (χ1n) is 9.22. The van der Waals surface area contributed by atoms with Crippen LogP contribution in [0, 0.1) is 23.0 Å². The van der Waals surface area contributed by atoms with E-state index in [4.69, 9.17) is 5.26 Å². The molecule has 0 aliphatic carbocycles. The topological polar surface area (TPSA) is 93.5 Å². The number of nitrogens with zero attached hydrogens (tertiary/aromatic N) is 3. The van der Waals surface area contributed by atoms with Gasteiger partial charge in [0.2, 0.25) is 15.9 Å². The molecule has 0 aromatic heterocycles. The summed E-state index contributed by atoms with van der Waals surface area (Å²) in [7, 11) is -4.18. The van der Waals surface area contributed by atoms with Gasteiger partial charge in [-0.15, -0.1) is 0 Å². The van der Waals surface area contributed by atoms with Gasteiger partial charge in [-0.3, -0.25) is 9.69 Å². The van der Waals surface area contributed by atoms with Gasteiger partial charge in [0.1, 0.15) is 16.5 Å². The zero-order chi connectivity index (χ0) is 21.9. The van der Waals surface area contributed by atoms with Gasteiger partial charge in [-0.25, -0.2) is 17.2 Å². The van der Waals surface area contributed by atoms with E-state index in [2.05, 4.69) is 5.32 Å². The smallest absolute Gasteiger partial charge is 0.246 e. The number of piperazine rings is 1. The Balaban J connectivity index is 1.62. The van der Waals surface area contributed by atoms with Crippen molar-refractivity contribution in [2.24, 2.45) is 0 Å². The zero-order valence-electron chi connectivity index (χ0n) is 16.2. The molecule has 158 valence electrons. The molecule has 1 aliphatic heterocycles. The molecule has 1 fully saturated rings. The van der Waals surface area contributed by atoms with Crippen molar-refractivity contribution in [2.45, 2.75) is 17.9 Å². The summed E-state index contributed by atoms with van der Waals surface area (Å²) in [5.74, 6) is -2.11. The van der Waals surface area contributed by atoms with E-state index in [1.807, 2.05) is 11.0 Å². The molecule has 0 radical (unpaired) electrons. The number of benzene rings is 2. The van der Waals surface area contributed by atoms with Crippen LogP contribution < -0.4 is 5.32 Å². The Bertz CT molecular complexity index is 1080. The Morgan fingerprint density at radius 3 is 2.33 bits per heavy atom. The molecule has 0 bridgehead atoms. The minimum atomic E-state index is -4.18. The maximum atomic E-state index is 13.9. The maximum Gasteiger partial charge on any atom is 0.246 e. The summed E-state index contributed by atoms with van der Waals surface area (Å²) in [4.78, 5) is 13.6. The van der Waals surface area contributed by atoms with Crippen LogP contribution >= 0.6 is 0 Å². The van der Waals surface area contributed by atoms with Crippen molar-refractivity contribution < 1.29 is 22.0 Å². The van der Waals surface area contributed by atoms with Crippen molar-refractivity contribution in [3.8, 4) is 6.07 Å². The van der Waals surface area contributed by atoms with Gasteiger partial charge in [-0.1, -0.05) is 0 Å². The van der Waals surface area contributed by atoms with Gasteiger partial charge in [-0.2, -0.15) is 9.57 Å². The predicted molar refractivity (Wildman–Crippen MR) is 106 cm³/mol. The summed E-state index contributed by atoms with van der Waals surface area (Å²) in [5.41, 5.74) is 1.03. The minimum absolute atomic E-state index is 0.0484. The first-order valence-corrected chi connectivity index (χ1v) is 10.7. The number of hydrogen-bond donors (Lipinski definition) is 1. The fourth-order valence-electron chi connectivity index (χ4n) is 3.19. The average Bonchev–Trinajstić information content (AvgIpc) is 2.75. The van der Waals surface area contributed by atoms with Crippen LogP contribution in [-0.2, 0) is 14.8 Å². The van der Waals surface area contributed by atoms with Crippen molar-refractivity contribution in [1.82, 2.24) is 9.21 Å². The molecule has 0 saturated carbocycles. The van der Waals surface area contributed by atoms with E-state index in [0.29, 0.717) is 17.3 Å². The molecule has 1 saturated heterocycles. The van der Waals surface area contributed by atoms with Gasteiger partial charge >= 0.3 is 0 Å². The van der Waals surface area contributed by atoms with E-state index in [9.17, 15) is 22.0 Å². The molecule has 10 heteroatoms. The number of hydrogen-bond acceptors (Lipinski definition) is 5. The maximum absolute atomic E-state index is 13.9. The molecule has 1 unspecified atom stereocenters. The second kappa shape index (κ2) is 8.87. The number of nitrogens with one attached hydrogen (secondary N) is 1. The van der Waals surface area contributed by atoms with Crippen LogP contribution in [0.4, 0.5) is 14.5 Å². The SMILES string of the molecule is CC(C(=O)Nc1ccc(C#N)cc1)N1CCN(S(=O)(=O)c2cc(F)ccc2F)CC1. The molecule has 30 heavy (non-hydrogen) atoms. The van der Waals surface area contributed by atoms with Crippen molar-refractivity contribution in [2.75, 3.05) is 31.5 Å². The van der Waals surface area contributed by atoms with Crippen LogP contribution in [0.1, 0.15) is 12.5 Å². The molecule has 2 aromatic carbocycles. The van der Waals surface area contributed by atoms with E-state index < -0.39 is 32.6 Å². The fourth-order valence-corrected chi connectivity index (χ4v) is 4.68. The summed E-state index contributed by atoms with van der Waals surface area (Å²) in [5, 5.41) is 11.6. The first-order chi connectivity index (χ1) is 14.2. The highest BCUT2D eigenvalue weighted by atomic mass is 32.2. The standard InChI is InChI=1S/C20H20F2N4O3S/c1-14(20(27)24-17-5-2-15(13-23)3-6-17)25-8-10-26(11-9-25)30(28,29)19-12-16(21)4-7-18(19)22/h2-7,12,14H,8-11H2,1H3,(H,24,27). The number of amides is 1. The van der Waals surface area contributed by atoms with Crippen molar-refractivity contribution in [3.63, 3.8) is 0 Å². The predicted octanol–water partition coefficient (Wildman–Crippen LogP) is 2.17. The first kappa shape index (κ1) is 21.8. The summed E-state index contributed by atoms with van der Waals surface area (Å²) in [6, 6.07) is 10.2. The lowest BCUT2D eigenvalue weighted by Crippen LogP contribution is -2.54. The number of carbonyl (C=O) groups excluding carboxylic acids is 1. The second-order valence-corrected chi connectivity index (χ2v) is 8.78. The van der Waals surface area contributed by atoms with Crippen LogP contribution in [0.3, 0.4) is 0 Å². The van der Waals surface area contributed by atoms with Crippen LogP contribution in [0.15, 0.2) is 47.4 Å². The van der Waals surface area contributed by atoms with Crippen molar-refractivity contribution in [3.05, 3.63) is 59.7 Å². The normalized spacial score (nSPS) is 16.6. The largest absolute Gasteiger partial charge is 0.325 e. The van der Waals surface area contributed by atoms with Gasteiger partial charge in [0.15, 0.2) is 0 Å². The van der Waals surface area contributed by atoms with Gasteiger partial charge in [-0.05, 0) is 49.4 Å². The van der Waals surface area contributed by atoms with Gasteiger partial charge in [0.05, 0.1) is 17.7 Å². The molecular formula is C20H20F2N4O3S. The van der Waals surface area contributed by atoms with E-state index in [-0.39, 0.29) is 32.1 Å². The second-order valence-electron chi connectivity index (χ2n) is 6.87. The summed E-state index contributed by atoms with van der Waals surface area (Å²) in [6.07, 6.45) is 0. The number of carbonyl (C=O) groups is 1. The Morgan fingerprint density at radius 2 is 1.73 bits per heavy atom. The third-order valence-electron chi connectivity index (χ3n) is 4.99. The Labute approximate surface area is 173 Å². The molecule has 2 aromatic rings. The van der Waals surface area contributed by atoms with Crippen LogP contribution in [0.25, 0.3) is 0 Å². The third kappa shape index (κ3) is 4.64. The minimum Gasteiger partial charge on any atom is -0.325 e. The van der Waals surface area contributed by atoms with Gasteiger partial charge in [0.25, 0.3) is 0 Å². The van der Waals surface area contributed by atoms with E-state index in [1.165, 1.54) is 0 Å². The van der Waals surface area contributed by atoms with Gasteiger partial charge in [0, 0.05) is 31.9 Å². The van der Waals surface area contributed by atoms with E-state index in [1.54, 1.807) is 31.2 Å². The van der Waals surface area contributed by atoms with Crippen molar-refractivity contribution in [1.29, 1.82) is 5.26 Å². The lowest BCUT2D eigenvalue weighted by atomic mass is 10.2. The Hall–Kier alpha value is -2.87. The number of sulfonamides is 1. The lowest BCUT2D eigenvalue weighted by Gasteiger charge is -2.36. The molecule has 1 atom stereocenters. The number of halogens is 2. The summed E-state index contributed by atoms with van der Waals surface area (Å²) >= 11 is 0. The molecule has 1 heterocycles. The van der Waals surface area contributed by atoms with E-state index >= 15 is 0 Å². The van der Waals surface area contributed by atoms with Crippen LogP contribution in [-0.4, -0.2) is 55.8 Å². The lowest BCUT2D eigenvalue weighted by molar-refractivity contribution is -0.121. The molecule has 1 amide bonds. The molecular weight excluding hydrogens is 414 g/mol. The highest BCUT2D eigenvalue weighted by molar-refractivity contribution is 7.89. The highest BCUT2D eigenvalue weighted by Gasteiger charge is 2.33. The Morgan fingerprint density at radius 1 is 1.10 bits per heavy atom. The van der Waals surface area contributed by atoms with Crippen LogP contribution in [0.2, 0.25) is 0 Å². The number of nitriles is 1. The molecule has 1 aliphatic rings. The molecule has 0 spiro atoms. The average molecular weight is 434 g/mol. The third-order valence-corrected chi connectivity index (χ3v) is 6.91. The van der Waals surface area contributed by atoms with Crippen LogP contribution in [0.5, 0.6) is 0 Å². The number of rotatable bonds is 5. The van der Waals surface area contributed by atoms with Crippen molar-refractivity contribution >= 4 is 21.6 Å². The Kier molecular flexibility index (Phi) is 6.45. The molecule has 7 nitrogen and oxygen atoms in total. The summed E-state index contributed by atoms with van der Waals surface area (Å²) in [6.45, 7) is 2.32. The van der Waals surface area contributed by atoms with Gasteiger partial charge < -0.3 is 5.32 Å². The zero-order valence-corrected chi connectivity index (χ0v) is 17.0. The summed E-state index contributed by atoms with van der Waals surface area (Å²) < 4.78 is 53.8. The number of anilines is 1. The molecule has 3 rings (SSSR count). The highest BCUT2D eigenvalue weighted by Crippen LogP contribution is 2.22. The molecule has 1 N–H and O–H groups in total. The fraction of sp³-hybridized carbons (Fsp3) is 0.300. The van der Waals surface area contributed by atoms with E-state index in [0.717, 1.165) is 16.4 Å². The monoisotopic (exact) mass is 434 g/mol. The quantitative estimate of drug-likeness (QED) is 0.779.